The van der Waals surface area contributed by atoms with Crippen molar-refractivity contribution in [3.63, 3.8) is 0 Å². The molecule has 27 heavy (non-hydrogen) atoms. The monoisotopic (exact) mass is 430 g/mol. The molecule has 0 aliphatic heterocycles. The Bertz CT molecular complexity index is 933. The quantitative estimate of drug-likeness (QED) is 0.622. The Labute approximate surface area is 168 Å². The fourth-order valence-corrected chi connectivity index (χ4v) is 3.69. The van der Waals surface area contributed by atoms with Crippen LogP contribution < -0.4 is 10.0 Å². The number of sulfonamides is 1. The minimum atomic E-state index is -3.91. The molecule has 1 amide bonds. The van der Waals surface area contributed by atoms with Crippen LogP contribution >= 0.6 is 23.2 Å². The van der Waals surface area contributed by atoms with E-state index in [0.717, 1.165) is 5.56 Å². The third-order valence-electron chi connectivity index (χ3n) is 3.73. The van der Waals surface area contributed by atoms with Gasteiger partial charge in [-0.15, -0.1) is 0 Å². The van der Waals surface area contributed by atoms with Crippen LogP contribution in [0.15, 0.2) is 41.3 Å². The van der Waals surface area contributed by atoms with Gasteiger partial charge in [0, 0.05) is 25.3 Å². The van der Waals surface area contributed by atoms with Crippen LogP contribution in [-0.4, -0.2) is 34.6 Å². The number of anilines is 1. The van der Waals surface area contributed by atoms with Crippen molar-refractivity contribution in [1.29, 1.82) is 0 Å². The predicted molar refractivity (Wildman–Crippen MR) is 107 cm³/mol. The highest BCUT2D eigenvalue weighted by Gasteiger charge is 2.19. The standard InChI is InChI=1S/C18H20Cl2N2O4S/c1-12-4-5-13(10-17(12)20)22-27(24,25)14-6-7-16(19)15(11-14)18(23)21-8-3-9-26-2/h4-7,10-11,22H,3,8-9H2,1-2H3,(H,21,23). The van der Waals surface area contributed by atoms with Crippen LogP contribution in [0.25, 0.3) is 0 Å². The third kappa shape index (κ3) is 5.84. The van der Waals surface area contributed by atoms with E-state index in [9.17, 15) is 13.2 Å². The molecule has 0 fully saturated rings. The molecule has 0 aliphatic carbocycles. The molecule has 9 heteroatoms. The summed E-state index contributed by atoms with van der Waals surface area (Å²) in [4.78, 5) is 12.2. The van der Waals surface area contributed by atoms with Crippen molar-refractivity contribution < 1.29 is 17.9 Å². The topological polar surface area (TPSA) is 84.5 Å². The van der Waals surface area contributed by atoms with E-state index < -0.39 is 15.9 Å². The van der Waals surface area contributed by atoms with E-state index in [4.69, 9.17) is 27.9 Å². The van der Waals surface area contributed by atoms with Crippen molar-refractivity contribution in [2.45, 2.75) is 18.2 Å². The lowest BCUT2D eigenvalue weighted by Crippen LogP contribution is -2.26. The number of amides is 1. The number of hydrogen-bond donors (Lipinski definition) is 2. The molecule has 0 aromatic heterocycles. The Morgan fingerprint density at radius 2 is 1.85 bits per heavy atom. The van der Waals surface area contributed by atoms with Gasteiger partial charge in [0.2, 0.25) is 0 Å². The molecule has 0 saturated carbocycles. The fourth-order valence-electron chi connectivity index (χ4n) is 2.23. The summed E-state index contributed by atoms with van der Waals surface area (Å²) in [6, 6.07) is 8.80. The van der Waals surface area contributed by atoms with Crippen molar-refractivity contribution in [2.24, 2.45) is 0 Å². The second kappa shape index (κ2) is 9.41. The number of halogens is 2. The summed E-state index contributed by atoms with van der Waals surface area (Å²) < 4.78 is 32.6. The average Bonchev–Trinajstić information content (AvgIpc) is 2.61. The van der Waals surface area contributed by atoms with Gasteiger partial charge in [0.1, 0.15) is 0 Å². The van der Waals surface area contributed by atoms with Crippen molar-refractivity contribution in [3.05, 3.63) is 57.6 Å². The Kier molecular flexibility index (Phi) is 7.49. The summed E-state index contributed by atoms with van der Waals surface area (Å²) >= 11 is 12.1. The molecule has 0 aliphatic rings. The maximum absolute atomic E-state index is 12.6. The highest BCUT2D eigenvalue weighted by molar-refractivity contribution is 7.92. The van der Waals surface area contributed by atoms with Crippen LogP contribution in [0.2, 0.25) is 10.0 Å². The van der Waals surface area contributed by atoms with E-state index in [2.05, 4.69) is 10.0 Å². The molecular formula is C18H20Cl2N2O4S. The van der Waals surface area contributed by atoms with Gasteiger partial charge in [-0.1, -0.05) is 29.3 Å². The highest BCUT2D eigenvalue weighted by atomic mass is 35.5. The number of nitrogens with one attached hydrogen (secondary N) is 2. The number of hydrogen-bond acceptors (Lipinski definition) is 4. The number of methoxy groups -OCH3 is 1. The van der Waals surface area contributed by atoms with Crippen LogP contribution in [0, 0.1) is 6.92 Å². The first-order valence-corrected chi connectivity index (χ1v) is 10.3. The largest absolute Gasteiger partial charge is 0.385 e. The SMILES string of the molecule is COCCCNC(=O)c1cc(S(=O)(=O)Nc2ccc(C)c(Cl)c2)ccc1Cl. The first-order chi connectivity index (χ1) is 12.7. The maximum atomic E-state index is 12.6. The summed E-state index contributed by atoms with van der Waals surface area (Å²) in [7, 11) is -2.34. The van der Waals surface area contributed by atoms with Crippen LogP contribution in [0.3, 0.4) is 0 Å². The predicted octanol–water partition coefficient (Wildman–Crippen LogP) is 3.87. The van der Waals surface area contributed by atoms with Crippen LogP contribution in [0.5, 0.6) is 0 Å². The molecule has 2 rings (SSSR count). The molecule has 0 saturated heterocycles. The summed E-state index contributed by atoms with van der Waals surface area (Å²) in [6.45, 7) is 2.71. The number of carbonyl (C=O) groups is 1. The van der Waals surface area contributed by atoms with E-state index in [1.807, 2.05) is 6.92 Å². The Balaban J connectivity index is 2.21. The van der Waals surface area contributed by atoms with Crippen LogP contribution in [0.4, 0.5) is 5.69 Å². The summed E-state index contributed by atoms with van der Waals surface area (Å²) in [5, 5.41) is 3.29. The first kappa shape index (κ1) is 21.5. The van der Waals surface area contributed by atoms with Crippen molar-refractivity contribution in [1.82, 2.24) is 5.32 Å². The highest BCUT2D eigenvalue weighted by Crippen LogP contribution is 2.25. The van der Waals surface area contributed by atoms with E-state index in [1.54, 1.807) is 19.2 Å². The molecule has 6 nitrogen and oxygen atoms in total. The van der Waals surface area contributed by atoms with Gasteiger partial charge in [-0.05, 0) is 49.2 Å². The number of rotatable bonds is 8. The molecule has 0 bridgehead atoms. The minimum Gasteiger partial charge on any atom is -0.385 e. The summed E-state index contributed by atoms with van der Waals surface area (Å²) in [5.41, 5.74) is 1.24. The third-order valence-corrected chi connectivity index (χ3v) is 5.84. The van der Waals surface area contributed by atoms with Gasteiger partial charge in [0.25, 0.3) is 15.9 Å². The molecule has 0 unspecified atom stereocenters. The zero-order valence-corrected chi connectivity index (χ0v) is 17.2. The van der Waals surface area contributed by atoms with Gasteiger partial charge in [-0.25, -0.2) is 8.42 Å². The fraction of sp³-hybridized carbons (Fsp3) is 0.278. The second-order valence-electron chi connectivity index (χ2n) is 5.81. The minimum absolute atomic E-state index is 0.0781. The van der Waals surface area contributed by atoms with E-state index in [-0.39, 0.29) is 15.5 Å². The molecule has 0 atom stereocenters. The van der Waals surface area contributed by atoms with Crippen molar-refractivity contribution >= 4 is 44.8 Å². The lowest BCUT2D eigenvalue weighted by molar-refractivity contribution is 0.0948. The normalized spacial score (nSPS) is 11.3. The number of aryl methyl sites for hydroxylation is 1. The second-order valence-corrected chi connectivity index (χ2v) is 8.31. The van der Waals surface area contributed by atoms with Gasteiger partial charge in [-0.3, -0.25) is 9.52 Å². The molecule has 0 radical (unpaired) electrons. The lowest BCUT2D eigenvalue weighted by Gasteiger charge is -2.12. The van der Waals surface area contributed by atoms with Crippen molar-refractivity contribution in [2.75, 3.05) is 25.0 Å². The van der Waals surface area contributed by atoms with Gasteiger partial charge < -0.3 is 10.1 Å². The van der Waals surface area contributed by atoms with E-state index >= 15 is 0 Å². The lowest BCUT2D eigenvalue weighted by atomic mass is 10.2. The van der Waals surface area contributed by atoms with E-state index in [0.29, 0.717) is 30.3 Å². The molecule has 146 valence electrons. The summed E-state index contributed by atoms with van der Waals surface area (Å²) in [5.74, 6) is -0.452. The van der Waals surface area contributed by atoms with Crippen LogP contribution in [-0.2, 0) is 14.8 Å². The molecule has 0 heterocycles. The Morgan fingerprint density at radius 1 is 1.11 bits per heavy atom. The van der Waals surface area contributed by atoms with E-state index in [1.165, 1.54) is 24.3 Å². The van der Waals surface area contributed by atoms with Gasteiger partial charge in [-0.2, -0.15) is 0 Å². The smallest absolute Gasteiger partial charge is 0.261 e. The first-order valence-electron chi connectivity index (χ1n) is 8.10. The van der Waals surface area contributed by atoms with Gasteiger partial charge in [0.05, 0.1) is 21.2 Å². The van der Waals surface area contributed by atoms with Crippen LogP contribution in [0.1, 0.15) is 22.3 Å². The molecule has 0 spiro atoms. The molecular weight excluding hydrogens is 411 g/mol. The zero-order chi connectivity index (χ0) is 20.0. The average molecular weight is 431 g/mol. The molecule has 2 N–H and O–H groups in total. The number of ether oxygens (including phenoxy) is 1. The zero-order valence-electron chi connectivity index (χ0n) is 14.9. The van der Waals surface area contributed by atoms with Gasteiger partial charge in [0.15, 0.2) is 0 Å². The number of benzene rings is 2. The van der Waals surface area contributed by atoms with Crippen molar-refractivity contribution in [3.8, 4) is 0 Å². The van der Waals surface area contributed by atoms with Gasteiger partial charge >= 0.3 is 0 Å². The summed E-state index contributed by atoms with van der Waals surface area (Å²) in [6.07, 6.45) is 0.633. The molecule has 2 aromatic carbocycles. The Morgan fingerprint density at radius 3 is 2.52 bits per heavy atom. The molecule has 2 aromatic rings. The maximum Gasteiger partial charge on any atom is 0.261 e. The Hall–Kier alpha value is -1.80. The number of carbonyl (C=O) groups excluding carboxylic acids is 1.